The fourth-order valence-electron chi connectivity index (χ4n) is 2.57. The van der Waals surface area contributed by atoms with Gasteiger partial charge in [-0.25, -0.2) is 0 Å². The third kappa shape index (κ3) is 5.67. The Hall–Kier alpha value is -3.16. The topological polar surface area (TPSA) is 66.5 Å². The first-order valence-corrected chi connectivity index (χ1v) is 8.44. The summed E-state index contributed by atoms with van der Waals surface area (Å²) in [5, 5.41) is 2.40. The van der Waals surface area contributed by atoms with Gasteiger partial charge in [0, 0.05) is 36.8 Å². The van der Waals surface area contributed by atoms with Crippen molar-refractivity contribution >= 4 is 29.0 Å². The van der Waals surface area contributed by atoms with E-state index in [0.29, 0.717) is 11.3 Å². The predicted octanol–water partition coefficient (Wildman–Crippen LogP) is 4.29. The summed E-state index contributed by atoms with van der Waals surface area (Å²) in [6.45, 7) is 2.74. The molecule has 2 aromatic carbocycles. The number of hydrogen-bond acceptors (Lipinski definition) is 3. The van der Waals surface area contributed by atoms with E-state index in [4.69, 9.17) is 0 Å². The number of carbonyl (C=O) groups excluding carboxylic acids is 3. The monoisotopic (exact) mass is 392 g/mol. The minimum atomic E-state index is -4.51. The molecule has 0 atom stereocenters. The number of halogens is 3. The molecule has 8 heteroatoms. The molecule has 0 fully saturated rings. The summed E-state index contributed by atoms with van der Waals surface area (Å²) in [5.74, 6) is -1.02. The zero-order valence-electron chi connectivity index (χ0n) is 15.3. The number of hydrogen-bond donors (Lipinski definition) is 1. The third-order valence-corrected chi connectivity index (χ3v) is 3.98. The van der Waals surface area contributed by atoms with Gasteiger partial charge in [0.15, 0.2) is 5.78 Å². The number of nitrogens with zero attached hydrogens (tertiary/aromatic N) is 1. The van der Waals surface area contributed by atoms with E-state index in [1.54, 1.807) is 24.3 Å². The van der Waals surface area contributed by atoms with E-state index < -0.39 is 17.6 Å². The number of carbonyl (C=O) groups is 3. The van der Waals surface area contributed by atoms with Crippen LogP contribution in [0.2, 0.25) is 0 Å². The van der Waals surface area contributed by atoms with E-state index in [1.807, 2.05) is 0 Å². The van der Waals surface area contributed by atoms with Gasteiger partial charge < -0.3 is 10.2 Å². The highest BCUT2D eigenvalue weighted by Crippen LogP contribution is 2.30. The lowest BCUT2D eigenvalue weighted by Crippen LogP contribution is -2.32. The number of rotatable bonds is 6. The summed E-state index contributed by atoms with van der Waals surface area (Å²) in [7, 11) is 0. The van der Waals surface area contributed by atoms with Gasteiger partial charge in [-0.15, -0.1) is 0 Å². The molecule has 2 rings (SSSR count). The number of amides is 2. The van der Waals surface area contributed by atoms with Crippen LogP contribution >= 0.6 is 0 Å². The molecule has 2 amide bonds. The molecule has 0 aliphatic carbocycles. The van der Waals surface area contributed by atoms with Crippen LogP contribution in [-0.4, -0.2) is 24.1 Å². The first-order chi connectivity index (χ1) is 13.1. The molecule has 0 radical (unpaired) electrons. The average molecular weight is 392 g/mol. The van der Waals surface area contributed by atoms with Gasteiger partial charge >= 0.3 is 6.18 Å². The molecule has 28 heavy (non-hydrogen) atoms. The molecule has 0 unspecified atom stereocenters. The number of benzene rings is 2. The summed E-state index contributed by atoms with van der Waals surface area (Å²) < 4.78 is 38.2. The summed E-state index contributed by atoms with van der Waals surface area (Å²) in [5.41, 5.74) is 0.0497. The maximum absolute atomic E-state index is 12.7. The van der Waals surface area contributed by atoms with Crippen molar-refractivity contribution in [2.45, 2.75) is 26.4 Å². The number of Topliss-reactive ketones (excluding diaryl/α,β-unsaturated/α-hetero) is 1. The van der Waals surface area contributed by atoms with Crippen molar-refractivity contribution in [2.75, 3.05) is 16.8 Å². The van der Waals surface area contributed by atoms with E-state index in [-0.39, 0.29) is 30.3 Å². The van der Waals surface area contributed by atoms with Crippen LogP contribution in [0.15, 0.2) is 48.5 Å². The van der Waals surface area contributed by atoms with Crippen LogP contribution in [0.5, 0.6) is 0 Å². The molecule has 0 bridgehead atoms. The zero-order valence-corrected chi connectivity index (χ0v) is 15.3. The molecule has 0 aromatic heterocycles. The lowest BCUT2D eigenvalue weighted by molar-refractivity contribution is -0.137. The van der Waals surface area contributed by atoms with Gasteiger partial charge in [-0.1, -0.05) is 18.2 Å². The smallest absolute Gasteiger partial charge is 0.326 e. The number of anilines is 2. The first kappa shape index (κ1) is 21.1. The summed E-state index contributed by atoms with van der Waals surface area (Å²) in [6.07, 6.45) is -4.63. The van der Waals surface area contributed by atoms with Gasteiger partial charge in [-0.3, -0.25) is 14.4 Å². The van der Waals surface area contributed by atoms with Crippen molar-refractivity contribution in [3.63, 3.8) is 0 Å². The molecule has 148 valence electrons. The Labute approximate surface area is 160 Å². The quantitative estimate of drug-likeness (QED) is 0.746. The largest absolute Gasteiger partial charge is 0.416 e. The summed E-state index contributed by atoms with van der Waals surface area (Å²) in [6, 6.07) is 10.7. The van der Waals surface area contributed by atoms with Gasteiger partial charge in [-0.2, -0.15) is 13.2 Å². The van der Waals surface area contributed by atoms with Crippen molar-refractivity contribution < 1.29 is 27.6 Å². The van der Waals surface area contributed by atoms with Crippen molar-refractivity contribution in [3.8, 4) is 0 Å². The van der Waals surface area contributed by atoms with Crippen molar-refractivity contribution in [1.82, 2.24) is 0 Å². The van der Waals surface area contributed by atoms with Crippen LogP contribution in [0.4, 0.5) is 24.5 Å². The summed E-state index contributed by atoms with van der Waals surface area (Å²) in [4.78, 5) is 36.9. The fourth-order valence-corrected chi connectivity index (χ4v) is 2.57. The maximum atomic E-state index is 12.7. The van der Waals surface area contributed by atoms with Crippen LogP contribution in [0.25, 0.3) is 0 Å². The van der Waals surface area contributed by atoms with Crippen molar-refractivity contribution in [2.24, 2.45) is 0 Å². The standard InChI is InChI=1S/C20H19F3N2O3/c1-13(26)15-5-3-8-18(11-15)25(14(2)27)10-9-19(28)24-17-7-4-6-16(12-17)20(21,22)23/h3-8,11-12H,9-10H2,1-2H3,(H,24,28). The second-order valence-electron chi connectivity index (χ2n) is 6.15. The zero-order chi connectivity index (χ0) is 20.9. The van der Waals surface area contributed by atoms with Gasteiger partial charge in [0.05, 0.1) is 5.56 Å². The molecule has 0 heterocycles. The molecule has 0 saturated heterocycles. The normalized spacial score (nSPS) is 11.0. The number of alkyl halides is 3. The average Bonchev–Trinajstić information content (AvgIpc) is 2.61. The molecule has 2 aromatic rings. The van der Waals surface area contributed by atoms with Gasteiger partial charge in [-0.05, 0) is 37.3 Å². The molecule has 1 N–H and O–H groups in total. The molecular formula is C20H19F3N2O3. The van der Waals surface area contributed by atoms with Crippen LogP contribution in [0, 0.1) is 0 Å². The Morgan fingerprint density at radius 1 is 1.00 bits per heavy atom. The molecule has 0 aliphatic heterocycles. The van der Waals surface area contributed by atoms with Crippen LogP contribution < -0.4 is 10.2 Å². The minimum absolute atomic E-state index is 0.0154. The fraction of sp³-hybridized carbons (Fsp3) is 0.250. The Bertz CT molecular complexity index is 894. The van der Waals surface area contributed by atoms with E-state index >= 15 is 0 Å². The molecule has 5 nitrogen and oxygen atoms in total. The van der Waals surface area contributed by atoms with Crippen LogP contribution in [-0.2, 0) is 15.8 Å². The first-order valence-electron chi connectivity index (χ1n) is 8.44. The van der Waals surface area contributed by atoms with E-state index in [0.717, 1.165) is 12.1 Å². The highest BCUT2D eigenvalue weighted by molar-refractivity contribution is 5.98. The van der Waals surface area contributed by atoms with E-state index in [9.17, 15) is 27.6 Å². The minimum Gasteiger partial charge on any atom is -0.326 e. The number of ketones is 1. The lowest BCUT2D eigenvalue weighted by Gasteiger charge is -2.21. The van der Waals surface area contributed by atoms with Crippen LogP contribution in [0.1, 0.15) is 36.2 Å². The van der Waals surface area contributed by atoms with Crippen LogP contribution in [0.3, 0.4) is 0 Å². The molecular weight excluding hydrogens is 373 g/mol. The molecule has 0 saturated carbocycles. The highest BCUT2D eigenvalue weighted by Gasteiger charge is 2.30. The second kappa shape index (κ2) is 8.69. The predicted molar refractivity (Wildman–Crippen MR) is 99.2 cm³/mol. The molecule has 0 aliphatic rings. The third-order valence-electron chi connectivity index (χ3n) is 3.98. The van der Waals surface area contributed by atoms with Gasteiger partial charge in [0.2, 0.25) is 11.8 Å². The Balaban J connectivity index is 2.06. The Morgan fingerprint density at radius 2 is 1.68 bits per heavy atom. The van der Waals surface area contributed by atoms with Gasteiger partial charge in [0.1, 0.15) is 0 Å². The van der Waals surface area contributed by atoms with Crippen molar-refractivity contribution in [1.29, 1.82) is 0 Å². The SMILES string of the molecule is CC(=O)c1cccc(N(CCC(=O)Nc2cccc(C(F)(F)F)c2)C(C)=O)c1. The second-order valence-corrected chi connectivity index (χ2v) is 6.15. The van der Waals surface area contributed by atoms with Gasteiger partial charge in [0.25, 0.3) is 0 Å². The van der Waals surface area contributed by atoms with E-state index in [2.05, 4.69) is 5.32 Å². The highest BCUT2D eigenvalue weighted by atomic mass is 19.4. The molecule has 0 spiro atoms. The Kier molecular flexibility index (Phi) is 6.56. The number of nitrogens with one attached hydrogen (secondary N) is 1. The lowest BCUT2D eigenvalue weighted by atomic mass is 10.1. The van der Waals surface area contributed by atoms with Crippen molar-refractivity contribution in [3.05, 3.63) is 59.7 Å². The Morgan fingerprint density at radius 3 is 2.29 bits per heavy atom. The maximum Gasteiger partial charge on any atom is 0.416 e. The summed E-state index contributed by atoms with van der Waals surface area (Å²) >= 11 is 0. The van der Waals surface area contributed by atoms with E-state index in [1.165, 1.54) is 30.9 Å².